The lowest BCUT2D eigenvalue weighted by molar-refractivity contribution is 0.678. The van der Waals surface area contributed by atoms with E-state index in [4.69, 9.17) is 23.7 Å². The maximum atomic E-state index is 12.0. The minimum absolute atomic E-state index is 0.00126. The molecular formula is C15H16N8OS. The van der Waals surface area contributed by atoms with Gasteiger partial charge in [-0.25, -0.2) is 0 Å². The van der Waals surface area contributed by atoms with Crippen molar-refractivity contribution in [1.82, 2.24) is 24.5 Å². The number of nitrogens with zero attached hydrogens (tertiary/aromatic N) is 5. The first-order valence-corrected chi connectivity index (χ1v) is 7.83. The maximum Gasteiger partial charge on any atom is 0.252 e. The quantitative estimate of drug-likeness (QED) is 0.345. The van der Waals surface area contributed by atoms with E-state index in [1.54, 1.807) is 17.0 Å². The number of para-hydroxylation sites is 1. The summed E-state index contributed by atoms with van der Waals surface area (Å²) >= 11 is 5.31. The summed E-state index contributed by atoms with van der Waals surface area (Å²) < 4.78 is 2.06. The molecule has 10 heteroatoms. The number of aromatic nitrogens is 5. The summed E-state index contributed by atoms with van der Waals surface area (Å²) in [5.41, 5.74) is 12.6. The van der Waals surface area contributed by atoms with Gasteiger partial charge in [-0.3, -0.25) is 14.8 Å². The molecule has 2 aromatic heterocycles. The molecule has 3 rings (SSSR count). The van der Waals surface area contributed by atoms with Gasteiger partial charge >= 0.3 is 0 Å². The van der Waals surface area contributed by atoms with Crippen LogP contribution in [0.2, 0.25) is 0 Å². The fourth-order valence-corrected chi connectivity index (χ4v) is 2.74. The van der Waals surface area contributed by atoms with Crippen molar-refractivity contribution in [3.8, 4) is 16.9 Å². The average molecular weight is 356 g/mol. The molecule has 25 heavy (non-hydrogen) atoms. The number of H-pyrrole nitrogens is 1. The molecule has 0 radical (unpaired) electrons. The highest BCUT2D eigenvalue weighted by Gasteiger charge is 2.13. The third-order valence-electron chi connectivity index (χ3n) is 3.47. The van der Waals surface area contributed by atoms with Gasteiger partial charge in [0.05, 0.1) is 30.3 Å². The molecule has 0 aliphatic heterocycles. The molecule has 0 spiro atoms. The van der Waals surface area contributed by atoms with Gasteiger partial charge in [0.15, 0.2) is 10.7 Å². The minimum atomic E-state index is -0.290. The van der Waals surface area contributed by atoms with E-state index in [-0.39, 0.29) is 16.3 Å². The molecule has 0 aliphatic rings. The normalized spacial score (nSPS) is 10.6. The Balaban J connectivity index is 2.16. The Morgan fingerprint density at radius 2 is 1.96 bits per heavy atom. The average Bonchev–Trinajstić information content (AvgIpc) is 3.10. The molecule has 5 N–H and O–H groups in total. The summed E-state index contributed by atoms with van der Waals surface area (Å²) in [6.07, 6.45) is 3.17. The molecule has 0 atom stereocenters. The molecule has 0 unspecified atom stereocenters. The molecule has 0 aliphatic carbocycles. The highest BCUT2D eigenvalue weighted by atomic mass is 32.1. The van der Waals surface area contributed by atoms with Crippen molar-refractivity contribution >= 4 is 18.2 Å². The van der Waals surface area contributed by atoms with Gasteiger partial charge in [-0.05, 0) is 18.3 Å². The third kappa shape index (κ3) is 3.63. The fraction of sp³-hybridized carbons (Fsp3) is 0.133. The number of rotatable bonds is 5. The molecule has 0 bridgehead atoms. The smallest absolute Gasteiger partial charge is 0.252 e. The van der Waals surface area contributed by atoms with Crippen LogP contribution in [-0.4, -0.2) is 37.0 Å². The lowest BCUT2D eigenvalue weighted by Gasteiger charge is -2.15. The Hall–Kier alpha value is -3.27. The first kappa shape index (κ1) is 16.6. The Morgan fingerprint density at radius 1 is 1.24 bits per heavy atom. The van der Waals surface area contributed by atoms with Crippen LogP contribution in [0.5, 0.6) is 0 Å². The zero-order valence-corrected chi connectivity index (χ0v) is 14.0. The molecule has 0 fully saturated rings. The van der Waals surface area contributed by atoms with Crippen molar-refractivity contribution in [2.75, 3.05) is 6.54 Å². The Kier molecular flexibility index (Phi) is 4.70. The number of nitrogens with one attached hydrogen (secondary N) is 1. The number of guanidine groups is 1. The van der Waals surface area contributed by atoms with Crippen molar-refractivity contribution in [2.24, 2.45) is 16.5 Å². The van der Waals surface area contributed by atoms with Crippen molar-refractivity contribution in [3.05, 3.63) is 57.9 Å². The summed E-state index contributed by atoms with van der Waals surface area (Å²) in [6.45, 7) is 0.738. The monoisotopic (exact) mass is 356 g/mol. The lowest BCUT2D eigenvalue weighted by atomic mass is 10.1. The number of aliphatic imine (C=N–C) groups is 1. The highest BCUT2D eigenvalue weighted by Crippen LogP contribution is 2.25. The molecule has 2 heterocycles. The second-order valence-electron chi connectivity index (χ2n) is 5.12. The molecule has 0 amide bonds. The van der Waals surface area contributed by atoms with Gasteiger partial charge < -0.3 is 16.0 Å². The van der Waals surface area contributed by atoms with Crippen molar-refractivity contribution < 1.29 is 0 Å². The fourth-order valence-electron chi connectivity index (χ4n) is 2.45. The second-order valence-corrected chi connectivity index (χ2v) is 5.50. The van der Waals surface area contributed by atoms with E-state index < -0.39 is 0 Å². The Morgan fingerprint density at radius 3 is 2.68 bits per heavy atom. The number of hydrogen-bond acceptors (Lipinski definition) is 5. The topological polar surface area (TPSA) is 133 Å². The van der Waals surface area contributed by atoms with Crippen LogP contribution in [0, 0.1) is 4.77 Å². The van der Waals surface area contributed by atoms with Crippen LogP contribution in [0.3, 0.4) is 0 Å². The first-order valence-electron chi connectivity index (χ1n) is 7.42. The van der Waals surface area contributed by atoms with E-state index in [0.29, 0.717) is 18.8 Å². The van der Waals surface area contributed by atoms with Gasteiger partial charge in [0.2, 0.25) is 0 Å². The number of hydrogen-bond donors (Lipinski definition) is 3. The second kappa shape index (κ2) is 7.09. The minimum Gasteiger partial charge on any atom is -0.370 e. The summed E-state index contributed by atoms with van der Waals surface area (Å²) in [5, 5.41) is 8.32. The van der Waals surface area contributed by atoms with Crippen molar-refractivity contribution in [1.29, 1.82) is 0 Å². The molecule has 0 saturated carbocycles. The van der Waals surface area contributed by atoms with Gasteiger partial charge in [0, 0.05) is 18.2 Å². The standard InChI is InChI=1S/C15H16N8OS/c16-14(17)18-7-8-22-12(9-13(24)21-15(22)25)10-3-1-2-4-11(10)23-19-5-6-20-23/h1-6,9H,7-8H2,(H4,16,17,18)(H,21,24,25). The van der Waals surface area contributed by atoms with Crippen LogP contribution in [0.4, 0.5) is 0 Å². The van der Waals surface area contributed by atoms with E-state index >= 15 is 0 Å². The summed E-state index contributed by atoms with van der Waals surface area (Å²) in [4.78, 5) is 20.0. The molecule has 3 aromatic rings. The molecule has 128 valence electrons. The number of benzene rings is 1. The van der Waals surface area contributed by atoms with Gasteiger partial charge in [-0.1, -0.05) is 18.2 Å². The third-order valence-corrected chi connectivity index (χ3v) is 3.79. The zero-order valence-electron chi connectivity index (χ0n) is 13.2. The lowest BCUT2D eigenvalue weighted by Crippen LogP contribution is -2.24. The molecule has 1 aromatic carbocycles. The summed E-state index contributed by atoms with van der Waals surface area (Å²) in [5.74, 6) is -0.00126. The van der Waals surface area contributed by atoms with E-state index in [1.165, 1.54) is 10.9 Å². The van der Waals surface area contributed by atoms with Crippen LogP contribution in [0.1, 0.15) is 0 Å². The van der Waals surface area contributed by atoms with Crippen LogP contribution < -0.4 is 17.0 Å². The SMILES string of the molecule is NC(N)=NCCn1c(-c2ccccc2-n2nccn2)cc(=O)[nH]c1=S. The van der Waals surface area contributed by atoms with Gasteiger partial charge in [0.25, 0.3) is 5.56 Å². The van der Waals surface area contributed by atoms with E-state index in [9.17, 15) is 4.79 Å². The number of aromatic amines is 1. The van der Waals surface area contributed by atoms with E-state index in [2.05, 4.69) is 20.2 Å². The Labute approximate surface area is 147 Å². The van der Waals surface area contributed by atoms with Gasteiger partial charge in [0.1, 0.15) is 0 Å². The van der Waals surface area contributed by atoms with Gasteiger partial charge in [-0.2, -0.15) is 15.0 Å². The van der Waals surface area contributed by atoms with E-state index in [1.807, 2.05) is 24.3 Å². The summed E-state index contributed by atoms with van der Waals surface area (Å²) in [7, 11) is 0. The number of nitrogens with two attached hydrogens (primary N) is 2. The molecular weight excluding hydrogens is 340 g/mol. The highest BCUT2D eigenvalue weighted by molar-refractivity contribution is 7.71. The zero-order chi connectivity index (χ0) is 17.8. The first-order chi connectivity index (χ1) is 12.1. The van der Waals surface area contributed by atoms with Crippen molar-refractivity contribution in [3.63, 3.8) is 0 Å². The maximum absolute atomic E-state index is 12.0. The van der Waals surface area contributed by atoms with Crippen LogP contribution in [0.15, 0.2) is 52.5 Å². The largest absolute Gasteiger partial charge is 0.370 e. The van der Waals surface area contributed by atoms with E-state index in [0.717, 1.165) is 11.3 Å². The molecule has 0 saturated heterocycles. The molecule has 9 nitrogen and oxygen atoms in total. The van der Waals surface area contributed by atoms with Crippen LogP contribution in [0.25, 0.3) is 16.9 Å². The predicted octanol–water partition coefficient (Wildman–Crippen LogP) is 0.427. The summed E-state index contributed by atoms with van der Waals surface area (Å²) in [6, 6.07) is 8.95. The Bertz CT molecular complexity index is 1010. The van der Waals surface area contributed by atoms with Gasteiger partial charge in [-0.15, -0.1) is 0 Å². The van der Waals surface area contributed by atoms with Crippen LogP contribution >= 0.6 is 12.2 Å². The van der Waals surface area contributed by atoms with Crippen molar-refractivity contribution in [2.45, 2.75) is 6.54 Å². The predicted molar refractivity (Wildman–Crippen MR) is 96.9 cm³/mol. The van der Waals surface area contributed by atoms with Crippen LogP contribution in [-0.2, 0) is 6.54 Å².